The zero-order valence-corrected chi connectivity index (χ0v) is 9.85. The van der Waals surface area contributed by atoms with Crippen molar-refractivity contribution in [1.29, 1.82) is 0 Å². The van der Waals surface area contributed by atoms with E-state index in [2.05, 4.69) is 43.9 Å². The minimum atomic E-state index is 0.444. The van der Waals surface area contributed by atoms with Crippen LogP contribution in [0.4, 0.5) is 0 Å². The minimum absolute atomic E-state index is 0.444. The zero-order valence-electron chi connectivity index (χ0n) is 8.70. The van der Waals surface area contributed by atoms with E-state index in [1.807, 2.05) is 0 Å². The molecule has 0 fully saturated rings. The molecule has 2 unspecified atom stereocenters. The average Bonchev–Trinajstić information content (AvgIpc) is 1.86. The van der Waals surface area contributed by atoms with Crippen LogP contribution in [0.1, 0.15) is 53.9 Å². The Labute approximate surface area is 74.4 Å². The Balaban J connectivity index is 4.02. The SMILES string of the molecule is CCC(C)(C)CC(C)(P)CC. The van der Waals surface area contributed by atoms with Crippen molar-refractivity contribution in [3.63, 3.8) is 0 Å². The lowest BCUT2D eigenvalue weighted by molar-refractivity contribution is 0.281. The molecule has 0 aromatic rings. The molecule has 68 valence electrons. The van der Waals surface area contributed by atoms with Crippen LogP contribution in [0.15, 0.2) is 0 Å². The van der Waals surface area contributed by atoms with Crippen molar-refractivity contribution in [3.05, 3.63) is 0 Å². The molecule has 0 saturated heterocycles. The maximum absolute atomic E-state index is 2.98. The largest absolute Gasteiger partial charge is 0.131 e. The van der Waals surface area contributed by atoms with Gasteiger partial charge in [-0.2, -0.15) is 0 Å². The van der Waals surface area contributed by atoms with Gasteiger partial charge in [-0.3, -0.25) is 0 Å². The Morgan fingerprint density at radius 3 is 1.73 bits per heavy atom. The fourth-order valence-electron chi connectivity index (χ4n) is 1.34. The second-order valence-electron chi connectivity index (χ2n) is 4.70. The van der Waals surface area contributed by atoms with Gasteiger partial charge in [-0.25, -0.2) is 0 Å². The van der Waals surface area contributed by atoms with Crippen molar-refractivity contribution < 1.29 is 0 Å². The van der Waals surface area contributed by atoms with Crippen LogP contribution < -0.4 is 0 Å². The standard InChI is InChI=1S/C10H23P/c1-6-9(3,4)8-10(5,11)7-2/h6-8,11H2,1-5H3. The summed E-state index contributed by atoms with van der Waals surface area (Å²) in [6.45, 7) is 11.6. The Morgan fingerprint density at radius 1 is 1.00 bits per heavy atom. The molecule has 0 N–H and O–H groups in total. The summed E-state index contributed by atoms with van der Waals surface area (Å²) in [7, 11) is 2.98. The second-order valence-corrected chi connectivity index (χ2v) is 6.10. The van der Waals surface area contributed by atoms with Gasteiger partial charge in [-0.05, 0) is 23.4 Å². The van der Waals surface area contributed by atoms with E-state index < -0.39 is 0 Å². The topological polar surface area (TPSA) is 0 Å². The van der Waals surface area contributed by atoms with Crippen LogP contribution in [0, 0.1) is 5.41 Å². The summed E-state index contributed by atoms with van der Waals surface area (Å²) in [4.78, 5) is 0. The lowest BCUT2D eigenvalue weighted by Gasteiger charge is -2.33. The molecule has 0 aliphatic heterocycles. The molecular weight excluding hydrogens is 151 g/mol. The van der Waals surface area contributed by atoms with Crippen LogP contribution in [0.25, 0.3) is 0 Å². The smallest absolute Gasteiger partial charge is 0.0176 e. The summed E-state index contributed by atoms with van der Waals surface area (Å²) in [5.74, 6) is 0. The summed E-state index contributed by atoms with van der Waals surface area (Å²) in [6.07, 6.45) is 3.83. The van der Waals surface area contributed by atoms with E-state index in [-0.39, 0.29) is 0 Å². The minimum Gasteiger partial charge on any atom is -0.131 e. The van der Waals surface area contributed by atoms with Crippen molar-refractivity contribution in [2.45, 2.75) is 59.0 Å². The van der Waals surface area contributed by atoms with Crippen LogP contribution in [0.2, 0.25) is 0 Å². The van der Waals surface area contributed by atoms with Crippen molar-refractivity contribution in [3.8, 4) is 0 Å². The number of hydrogen-bond donors (Lipinski definition) is 0. The second kappa shape index (κ2) is 3.90. The van der Waals surface area contributed by atoms with Crippen LogP contribution in [-0.2, 0) is 0 Å². The normalized spacial score (nSPS) is 18.0. The predicted molar refractivity (Wildman–Crippen MR) is 57.1 cm³/mol. The third-order valence-electron chi connectivity index (χ3n) is 2.65. The van der Waals surface area contributed by atoms with Gasteiger partial charge in [0.05, 0.1) is 0 Å². The molecule has 0 bridgehead atoms. The van der Waals surface area contributed by atoms with Gasteiger partial charge < -0.3 is 0 Å². The van der Waals surface area contributed by atoms with Crippen LogP contribution >= 0.6 is 9.24 Å². The van der Waals surface area contributed by atoms with Gasteiger partial charge in [0.25, 0.3) is 0 Å². The first kappa shape index (κ1) is 11.4. The lowest BCUT2D eigenvalue weighted by Crippen LogP contribution is -2.24. The summed E-state index contributed by atoms with van der Waals surface area (Å²) in [6, 6.07) is 0. The van der Waals surface area contributed by atoms with Crippen LogP contribution in [0.5, 0.6) is 0 Å². The number of rotatable bonds is 4. The van der Waals surface area contributed by atoms with Gasteiger partial charge in [0.2, 0.25) is 0 Å². The molecule has 0 aromatic carbocycles. The van der Waals surface area contributed by atoms with E-state index >= 15 is 0 Å². The van der Waals surface area contributed by atoms with Gasteiger partial charge in [0.15, 0.2) is 0 Å². The fourth-order valence-corrected chi connectivity index (χ4v) is 1.90. The Kier molecular flexibility index (Phi) is 4.05. The first-order valence-electron chi connectivity index (χ1n) is 4.62. The molecule has 1 heteroatoms. The highest BCUT2D eigenvalue weighted by molar-refractivity contribution is 7.18. The highest BCUT2D eigenvalue weighted by atomic mass is 31.0. The van der Waals surface area contributed by atoms with E-state index in [9.17, 15) is 0 Å². The van der Waals surface area contributed by atoms with E-state index in [4.69, 9.17) is 0 Å². The van der Waals surface area contributed by atoms with Gasteiger partial charge >= 0.3 is 0 Å². The molecule has 0 aromatic heterocycles. The molecule has 0 aliphatic carbocycles. The molecule has 0 nitrogen and oxygen atoms in total. The molecule has 0 aliphatic rings. The molecule has 0 saturated carbocycles. The number of hydrogen-bond acceptors (Lipinski definition) is 0. The first-order valence-corrected chi connectivity index (χ1v) is 5.19. The maximum Gasteiger partial charge on any atom is -0.0176 e. The first-order chi connectivity index (χ1) is 4.83. The summed E-state index contributed by atoms with van der Waals surface area (Å²) in [5.41, 5.74) is 0.506. The fraction of sp³-hybridized carbons (Fsp3) is 1.00. The molecular formula is C10H23P. The van der Waals surface area contributed by atoms with E-state index in [1.54, 1.807) is 0 Å². The Morgan fingerprint density at radius 2 is 1.45 bits per heavy atom. The van der Waals surface area contributed by atoms with Crippen molar-refractivity contribution in [1.82, 2.24) is 0 Å². The lowest BCUT2D eigenvalue weighted by atomic mass is 9.80. The Hall–Kier alpha value is 0.430. The van der Waals surface area contributed by atoms with Gasteiger partial charge in [0, 0.05) is 0 Å². The Bertz CT molecular complexity index is 100. The highest BCUT2D eigenvalue weighted by Gasteiger charge is 2.25. The molecule has 11 heavy (non-hydrogen) atoms. The van der Waals surface area contributed by atoms with Crippen LogP contribution in [0.3, 0.4) is 0 Å². The quantitative estimate of drug-likeness (QED) is 0.568. The molecule has 0 heterocycles. The van der Waals surface area contributed by atoms with E-state index in [0.29, 0.717) is 10.6 Å². The summed E-state index contributed by atoms with van der Waals surface area (Å²) >= 11 is 0. The van der Waals surface area contributed by atoms with Crippen LogP contribution in [-0.4, -0.2) is 5.16 Å². The van der Waals surface area contributed by atoms with E-state index in [1.165, 1.54) is 19.3 Å². The average molecular weight is 174 g/mol. The highest BCUT2D eigenvalue weighted by Crippen LogP contribution is 2.37. The van der Waals surface area contributed by atoms with Gasteiger partial charge in [-0.15, -0.1) is 9.24 Å². The zero-order chi connectivity index (χ0) is 9.12. The predicted octanol–water partition coefficient (Wildman–Crippen LogP) is 3.86. The van der Waals surface area contributed by atoms with E-state index in [0.717, 1.165) is 0 Å². The molecule has 0 rings (SSSR count). The molecule has 2 atom stereocenters. The van der Waals surface area contributed by atoms with Gasteiger partial charge in [0.1, 0.15) is 0 Å². The summed E-state index contributed by atoms with van der Waals surface area (Å²) in [5, 5.41) is 0.444. The maximum atomic E-state index is 2.98. The third-order valence-corrected chi connectivity index (χ3v) is 3.26. The molecule has 0 spiro atoms. The monoisotopic (exact) mass is 174 g/mol. The third kappa shape index (κ3) is 4.80. The van der Waals surface area contributed by atoms with Crippen molar-refractivity contribution >= 4 is 9.24 Å². The molecule has 0 amide bonds. The molecule has 0 radical (unpaired) electrons. The van der Waals surface area contributed by atoms with Crippen molar-refractivity contribution in [2.24, 2.45) is 5.41 Å². The van der Waals surface area contributed by atoms with Gasteiger partial charge in [-0.1, -0.05) is 41.0 Å². The summed E-state index contributed by atoms with van der Waals surface area (Å²) < 4.78 is 0. The van der Waals surface area contributed by atoms with Crippen molar-refractivity contribution in [2.75, 3.05) is 0 Å².